The van der Waals surface area contributed by atoms with Gasteiger partial charge in [-0.25, -0.2) is 4.39 Å². The summed E-state index contributed by atoms with van der Waals surface area (Å²) in [5.41, 5.74) is 1.48. The maximum absolute atomic E-state index is 13.5. The van der Waals surface area contributed by atoms with Gasteiger partial charge in [-0.2, -0.15) is 13.2 Å². The second-order valence-electron chi connectivity index (χ2n) is 7.79. The smallest absolute Gasteiger partial charge is 0.390 e. The van der Waals surface area contributed by atoms with Crippen LogP contribution in [0, 0.1) is 5.82 Å². The Kier molecular flexibility index (Phi) is 7.59. The van der Waals surface area contributed by atoms with Crippen LogP contribution in [-0.2, 0) is 4.79 Å². The van der Waals surface area contributed by atoms with Crippen molar-refractivity contribution < 1.29 is 31.8 Å². The van der Waals surface area contributed by atoms with Crippen LogP contribution in [-0.4, -0.2) is 25.7 Å². The van der Waals surface area contributed by atoms with Crippen LogP contribution in [0.3, 0.4) is 0 Å². The fraction of sp³-hybridized carbons (Fsp3) is 0.148. The quantitative estimate of drug-likeness (QED) is 0.194. The van der Waals surface area contributed by atoms with Gasteiger partial charge in [-0.3, -0.25) is 4.79 Å². The molecule has 36 heavy (non-hydrogen) atoms. The Morgan fingerprint density at radius 1 is 1.00 bits per heavy atom. The Labute approximate surface area is 208 Å². The van der Waals surface area contributed by atoms with Crippen molar-refractivity contribution in [2.24, 2.45) is 0 Å². The highest BCUT2D eigenvalue weighted by Gasteiger charge is 2.26. The van der Waals surface area contributed by atoms with Gasteiger partial charge in [-0.05, 0) is 59.7 Å². The topological polar surface area (TPSA) is 47.6 Å². The van der Waals surface area contributed by atoms with Gasteiger partial charge in [0.25, 0.3) is 0 Å². The number of hydrogen-bond donors (Lipinski definition) is 1. The number of hydrogen-bond acceptors (Lipinski definition) is 4. The second-order valence-corrected chi connectivity index (χ2v) is 8.84. The van der Waals surface area contributed by atoms with Crippen LogP contribution in [0.4, 0.5) is 17.6 Å². The lowest BCUT2D eigenvalue weighted by Gasteiger charge is -2.09. The maximum atomic E-state index is 13.5. The molecule has 0 saturated carbocycles. The molecule has 3 aromatic carbocycles. The van der Waals surface area contributed by atoms with Crippen molar-refractivity contribution >= 4 is 33.4 Å². The Morgan fingerprint density at radius 3 is 2.36 bits per heavy atom. The average molecular weight is 516 g/mol. The van der Waals surface area contributed by atoms with Crippen LogP contribution in [0.2, 0.25) is 0 Å². The van der Waals surface area contributed by atoms with Crippen molar-refractivity contribution in [2.45, 2.75) is 12.6 Å². The van der Waals surface area contributed by atoms with Crippen molar-refractivity contribution in [1.29, 1.82) is 0 Å². The number of halogens is 4. The molecule has 0 bridgehead atoms. The molecule has 0 fully saturated rings. The van der Waals surface area contributed by atoms with Crippen molar-refractivity contribution in [3.05, 3.63) is 84.2 Å². The van der Waals surface area contributed by atoms with E-state index in [0.29, 0.717) is 22.8 Å². The van der Waals surface area contributed by atoms with Gasteiger partial charge in [-0.15, -0.1) is 11.3 Å². The molecule has 4 nitrogen and oxygen atoms in total. The zero-order valence-electron chi connectivity index (χ0n) is 19.1. The first-order chi connectivity index (χ1) is 17.2. The molecule has 186 valence electrons. The molecule has 4 rings (SSSR count). The molecule has 1 N–H and O–H groups in total. The van der Waals surface area contributed by atoms with Crippen molar-refractivity contribution in [3.63, 3.8) is 0 Å². The first kappa shape index (κ1) is 25.2. The van der Waals surface area contributed by atoms with Gasteiger partial charge in [0.2, 0.25) is 5.91 Å². The molecular weight excluding hydrogens is 494 g/mol. The van der Waals surface area contributed by atoms with Crippen LogP contribution in [0.5, 0.6) is 17.2 Å². The minimum Gasteiger partial charge on any atom is -0.497 e. The summed E-state index contributed by atoms with van der Waals surface area (Å²) in [6, 6.07) is 18.7. The number of carbonyl (C=O) groups excluding carboxylic acids is 1. The first-order valence-corrected chi connectivity index (χ1v) is 11.7. The minimum atomic E-state index is -4.32. The van der Waals surface area contributed by atoms with E-state index in [1.807, 2.05) is 18.2 Å². The van der Waals surface area contributed by atoms with E-state index in [9.17, 15) is 22.4 Å². The number of fused-ring (bicyclic) bond motifs is 1. The summed E-state index contributed by atoms with van der Waals surface area (Å²) in [6.45, 7) is -0.476. The monoisotopic (exact) mass is 515 g/mol. The molecule has 0 aliphatic carbocycles. The Bertz CT molecular complexity index is 1380. The summed E-state index contributed by atoms with van der Waals surface area (Å²) in [6.07, 6.45) is -2.71. The molecule has 0 aliphatic rings. The van der Waals surface area contributed by atoms with Crippen LogP contribution in [0.15, 0.2) is 72.8 Å². The lowest BCUT2D eigenvalue weighted by atomic mass is 10.1. The highest BCUT2D eigenvalue weighted by Crippen LogP contribution is 2.47. The molecule has 0 atom stereocenters. The van der Waals surface area contributed by atoms with Crippen LogP contribution in [0.25, 0.3) is 26.6 Å². The van der Waals surface area contributed by atoms with E-state index in [2.05, 4.69) is 5.32 Å². The van der Waals surface area contributed by atoms with E-state index < -0.39 is 25.0 Å². The summed E-state index contributed by atoms with van der Waals surface area (Å²) in [7, 11) is 1.59. The van der Waals surface area contributed by atoms with Gasteiger partial charge >= 0.3 is 6.18 Å². The number of thiophene rings is 1. The number of alkyl halides is 3. The lowest BCUT2D eigenvalue weighted by molar-refractivity contribution is -0.134. The Balaban J connectivity index is 1.53. The number of methoxy groups -OCH3 is 1. The van der Waals surface area contributed by atoms with E-state index in [1.165, 1.54) is 35.6 Å². The molecular formula is C27H21F4NO3S. The Hall–Kier alpha value is -3.85. The summed E-state index contributed by atoms with van der Waals surface area (Å²) < 4.78 is 62.6. The van der Waals surface area contributed by atoms with Gasteiger partial charge in [-0.1, -0.05) is 24.3 Å². The Morgan fingerprint density at radius 2 is 1.69 bits per heavy atom. The third-order valence-corrected chi connectivity index (χ3v) is 6.38. The van der Waals surface area contributed by atoms with Gasteiger partial charge in [0.05, 0.1) is 18.4 Å². The van der Waals surface area contributed by atoms with Crippen LogP contribution < -0.4 is 14.8 Å². The molecule has 0 saturated heterocycles. The van der Waals surface area contributed by atoms with Crippen molar-refractivity contribution in [2.75, 3.05) is 13.7 Å². The number of amides is 1. The standard InChI is InChI=1S/C27H21F4NO3S/c1-34-21-11-12-22-23(16-21)36-26(18-5-7-19(28)8-6-18)25(22)35-20-9-2-17(3-10-20)4-13-24(33)32-15-14-27(29,30)31/h2-13,16H,14-15H2,1H3,(H,32,33)/b13-4+. The van der Waals surface area contributed by atoms with Crippen molar-refractivity contribution in [3.8, 4) is 27.7 Å². The number of nitrogens with one attached hydrogen (secondary N) is 1. The highest BCUT2D eigenvalue weighted by molar-refractivity contribution is 7.22. The molecule has 0 unspecified atom stereocenters. The van der Waals surface area contributed by atoms with E-state index in [1.54, 1.807) is 43.5 Å². The molecule has 4 aromatic rings. The SMILES string of the molecule is COc1ccc2c(Oc3ccc(/C=C/C(=O)NCCC(F)(F)F)cc3)c(-c3ccc(F)cc3)sc2c1. The summed E-state index contributed by atoms with van der Waals surface area (Å²) >= 11 is 1.50. The zero-order valence-corrected chi connectivity index (χ0v) is 19.9. The van der Waals surface area contributed by atoms with E-state index in [0.717, 1.165) is 20.5 Å². The van der Waals surface area contributed by atoms with E-state index in [4.69, 9.17) is 9.47 Å². The molecule has 1 aromatic heterocycles. The number of rotatable bonds is 8. The maximum Gasteiger partial charge on any atom is 0.390 e. The first-order valence-electron chi connectivity index (χ1n) is 10.9. The predicted octanol–water partition coefficient (Wildman–Crippen LogP) is 7.59. The third kappa shape index (κ3) is 6.42. The van der Waals surface area contributed by atoms with E-state index >= 15 is 0 Å². The van der Waals surface area contributed by atoms with Gasteiger partial charge in [0.15, 0.2) is 5.75 Å². The number of benzene rings is 3. The number of ether oxygens (including phenoxy) is 2. The molecule has 0 spiro atoms. The zero-order chi connectivity index (χ0) is 25.7. The third-order valence-electron chi connectivity index (χ3n) is 5.19. The average Bonchev–Trinajstić information content (AvgIpc) is 3.20. The fourth-order valence-corrected chi connectivity index (χ4v) is 4.56. The second kappa shape index (κ2) is 10.8. The van der Waals surface area contributed by atoms with Gasteiger partial charge < -0.3 is 14.8 Å². The normalized spacial score (nSPS) is 11.7. The summed E-state index contributed by atoms with van der Waals surface area (Å²) in [5.74, 6) is 0.933. The molecule has 1 amide bonds. The van der Waals surface area contributed by atoms with E-state index in [-0.39, 0.29) is 5.82 Å². The summed E-state index contributed by atoms with van der Waals surface area (Å²) in [5, 5.41) is 3.07. The molecule has 0 aliphatic heterocycles. The fourth-order valence-electron chi connectivity index (χ4n) is 3.40. The lowest BCUT2D eigenvalue weighted by Crippen LogP contribution is -2.26. The molecule has 9 heteroatoms. The summed E-state index contributed by atoms with van der Waals surface area (Å²) in [4.78, 5) is 12.6. The largest absolute Gasteiger partial charge is 0.497 e. The highest BCUT2D eigenvalue weighted by atomic mass is 32.1. The van der Waals surface area contributed by atoms with Gasteiger partial charge in [0.1, 0.15) is 17.3 Å². The van der Waals surface area contributed by atoms with Crippen molar-refractivity contribution in [1.82, 2.24) is 5.32 Å². The molecule has 1 heterocycles. The van der Waals surface area contributed by atoms with Crippen LogP contribution in [0.1, 0.15) is 12.0 Å². The van der Waals surface area contributed by atoms with Gasteiger partial charge in [0, 0.05) is 22.7 Å². The molecule has 0 radical (unpaired) electrons. The predicted molar refractivity (Wildman–Crippen MR) is 133 cm³/mol. The van der Waals surface area contributed by atoms with Crippen LogP contribution >= 0.6 is 11.3 Å². The minimum absolute atomic E-state index is 0.332. The number of carbonyl (C=O) groups is 1.